The van der Waals surface area contributed by atoms with Gasteiger partial charge in [0.05, 0.1) is 10.6 Å². The summed E-state index contributed by atoms with van der Waals surface area (Å²) in [6.45, 7) is 1.64. The number of hydrogen-bond donors (Lipinski definition) is 1. The van der Waals surface area contributed by atoms with E-state index in [9.17, 15) is 10.1 Å². The summed E-state index contributed by atoms with van der Waals surface area (Å²) in [6.07, 6.45) is 0. The summed E-state index contributed by atoms with van der Waals surface area (Å²) in [5.41, 5.74) is 6.74. The maximum Gasteiger partial charge on any atom is 0.270 e. The van der Waals surface area contributed by atoms with Crippen LogP contribution in [-0.4, -0.2) is 14.9 Å². The van der Waals surface area contributed by atoms with Crippen LogP contribution in [0.3, 0.4) is 0 Å². The molecule has 0 atom stereocenters. The molecule has 0 aliphatic carbocycles. The third kappa shape index (κ3) is 2.32. The van der Waals surface area contributed by atoms with Gasteiger partial charge < -0.3 is 5.73 Å². The summed E-state index contributed by atoms with van der Waals surface area (Å²) in [5.74, 6) is 0.328. The maximum absolute atomic E-state index is 10.7. The van der Waals surface area contributed by atoms with Gasteiger partial charge in [0.25, 0.3) is 5.69 Å². The van der Waals surface area contributed by atoms with Crippen LogP contribution in [0.15, 0.2) is 24.3 Å². The Hall–Kier alpha value is -3.01. The number of rotatable bonds is 2. The molecule has 7 nitrogen and oxygen atoms in total. The van der Waals surface area contributed by atoms with E-state index in [2.05, 4.69) is 9.97 Å². The quantitative estimate of drug-likeness (QED) is 0.645. The SMILES string of the molecule is Cc1nc(-c2cccc([N+](=O)[O-])c2)nc(N)c1C#N. The lowest BCUT2D eigenvalue weighted by Gasteiger charge is -2.05. The minimum Gasteiger partial charge on any atom is -0.382 e. The lowest BCUT2D eigenvalue weighted by Crippen LogP contribution is -2.03. The van der Waals surface area contributed by atoms with Crippen molar-refractivity contribution < 1.29 is 4.92 Å². The Bertz CT molecular complexity index is 683. The lowest BCUT2D eigenvalue weighted by atomic mass is 10.1. The van der Waals surface area contributed by atoms with Crippen LogP contribution in [0.1, 0.15) is 11.3 Å². The molecule has 2 N–H and O–H groups in total. The van der Waals surface area contributed by atoms with Crippen LogP contribution in [0.25, 0.3) is 11.4 Å². The number of benzene rings is 1. The zero-order valence-electron chi connectivity index (χ0n) is 9.99. The number of aryl methyl sites for hydroxylation is 1. The molecule has 0 aliphatic heterocycles. The molecule has 0 aliphatic rings. The van der Waals surface area contributed by atoms with Crippen LogP contribution in [0.5, 0.6) is 0 Å². The second-order valence-corrected chi connectivity index (χ2v) is 3.81. The highest BCUT2D eigenvalue weighted by atomic mass is 16.6. The Morgan fingerprint density at radius 2 is 2.16 bits per heavy atom. The molecule has 2 aromatic rings. The van der Waals surface area contributed by atoms with Crippen LogP contribution >= 0.6 is 0 Å². The van der Waals surface area contributed by atoms with Crippen LogP contribution in [-0.2, 0) is 0 Å². The normalized spacial score (nSPS) is 9.89. The van der Waals surface area contributed by atoms with Gasteiger partial charge in [0, 0.05) is 17.7 Å². The minimum absolute atomic E-state index is 0.0540. The summed E-state index contributed by atoms with van der Waals surface area (Å²) >= 11 is 0. The number of nitro benzene ring substituents is 1. The number of nitrogen functional groups attached to an aromatic ring is 1. The predicted molar refractivity (Wildman–Crippen MR) is 68.0 cm³/mol. The van der Waals surface area contributed by atoms with Crippen molar-refractivity contribution in [3.05, 3.63) is 45.6 Å². The molecule has 2 rings (SSSR count). The Balaban J connectivity index is 2.57. The minimum atomic E-state index is -0.497. The third-order valence-corrected chi connectivity index (χ3v) is 2.54. The Morgan fingerprint density at radius 3 is 2.74 bits per heavy atom. The highest BCUT2D eigenvalue weighted by molar-refractivity contribution is 5.63. The largest absolute Gasteiger partial charge is 0.382 e. The maximum atomic E-state index is 10.7. The number of anilines is 1. The van der Waals surface area contributed by atoms with Crippen molar-refractivity contribution in [2.24, 2.45) is 0 Å². The molecule has 0 radical (unpaired) electrons. The van der Waals surface area contributed by atoms with Crippen molar-refractivity contribution in [2.45, 2.75) is 6.92 Å². The van der Waals surface area contributed by atoms with Crippen molar-refractivity contribution in [3.63, 3.8) is 0 Å². The predicted octanol–water partition coefficient (Wildman–Crippen LogP) is 1.81. The first-order chi connectivity index (χ1) is 9.02. The smallest absolute Gasteiger partial charge is 0.270 e. The fourth-order valence-corrected chi connectivity index (χ4v) is 1.62. The van der Waals surface area contributed by atoms with Gasteiger partial charge in [-0.1, -0.05) is 12.1 Å². The highest BCUT2D eigenvalue weighted by Gasteiger charge is 2.12. The van der Waals surface area contributed by atoms with Gasteiger partial charge in [0.1, 0.15) is 17.5 Å². The summed E-state index contributed by atoms with van der Waals surface area (Å²) < 4.78 is 0. The molecule has 1 aromatic carbocycles. The van der Waals surface area contributed by atoms with E-state index in [1.165, 1.54) is 12.1 Å². The fraction of sp³-hybridized carbons (Fsp3) is 0.0833. The van der Waals surface area contributed by atoms with Crippen LogP contribution in [0.2, 0.25) is 0 Å². The van der Waals surface area contributed by atoms with E-state index in [1.807, 2.05) is 6.07 Å². The van der Waals surface area contributed by atoms with Gasteiger partial charge in [0.2, 0.25) is 0 Å². The fourth-order valence-electron chi connectivity index (χ4n) is 1.62. The van der Waals surface area contributed by atoms with Crippen molar-refractivity contribution in [3.8, 4) is 17.5 Å². The van der Waals surface area contributed by atoms with Gasteiger partial charge in [-0.15, -0.1) is 0 Å². The first-order valence-corrected chi connectivity index (χ1v) is 5.32. The average Bonchev–Trinajstić information content (AvgIpc) is 2.38. The number of nitrogens with two attached hydrogens (primary N) is 1. The molecule has 0 bridgehead atoms. The van der Waals surface area contributed by atoms with Crippen molar-refractivity contribution in [2.75, 3.05) is 5.73 Å². The van der Waals surface area contributed by atoms with E-state index >= 15 is 0 Å². The molecule has 0 amide bonds. The van der Waals surface area contributed by atoms with Crippen LogP contribution < -0.4 is 5.73 Å². The van der Waals surface area contributed by atoms with Crippen LogP contribution in [0, 0.1) is 28.4 Å². The number of aromatic nitrogens is 2. The van der Waals surface area contributed by atoms with Crippen LogP contribution in [0.4, 0.5) is 11.5 Å². The Morgan fingerprint density at radius 1 is 1.42 bits per heavy atom. The van der Waals surface area contributed by atoms with Gasteiger partial charge in [-0.3, -0.25) is 10.1 Å². The number of nitro groups is 1. The molecule has 0 fully saturated rings. The van der Waals surface area contributed by atoms with E-state index < -0.39 is 4.92 Å². The second-order valence-electron chi connectivity index (χ2n) is 3.81. The number of hydrogen-bond acceptors (Lipinski definition) is 6. The highest BCUT2D eigenvalue weighted by Crippen LogP contribution is 2.23. The number of nitrogens with zero attached hydrogens (tertiary/aromatic N) is 4. The molecule has 1 heterocycles. The zero-order chi connectivity index (χ0) is 14.0. The number of nitriles is 1. The molecular formula is C12H9N5O2. The molecule has 0 saturated heterocycles. The molecule has 0 saturated carbocycles. The molecule has 19 heavy (non-hydrogen) atoms. The van der Waals surface area contributed by atoms with E-state index in [-0.39, 0.29) is 22.9 Å². The second kappa shape index (κ2) is 4.70. The zero-order valence-corrected chi connectivity index (χ0v) is 9.99. The van der Waals surface area contributed by atoms with Gasteiger partial charge >= 0.3 is 0 Å². The number of non-ortho nitro benzene ring substituents is 1. The Labute approximate surface area is 108 Å². The monoisotopic (exact) mass is 255 g/mol. The molecule has 94 valence electrons. The third-order valence-electron chi connectivity index (χ3n) is 2.54. The molecule has 0 unspecified atom stereocenters. The summed E-state index contributed by atoms with van der Waals surface area (Å²) in [4.78, 5) is 18.4. The van der Waals surface area contributed by atoms with E-state index in [1.54, 1.807) is 19.1 Å². The van der Waals surface area contributed by atoms with Crippen molar-refractivity contribution in [1.82, 2.24) is 9.97 Å². The molecule has 0 spiro atoms. The van der Waals surface area contributed by atoms with Gasteiger partial charge in [-0.25, -0.2) is 9.97 Å². The van der Waals surface area contributed by atoms with E-state index in [0.717, 1.165) is 0 Å². The molecule has 7 heteroatoms. The van der Waals surface area contributed by atoms with Gasteiger partial charge in [-0.05, 0) is 6.92 Å². The first kappa shape index (κ1) is 12.4. The lowest BCUT2D eigenvalue weighted by molar-refractivity contribution is -0.384. The molecular weight excluding hydrogens is 246 g/mol. The van der Waals surface area contributed by atoms with E-state index in [4.69, 9.17) is 11.0 Å². The van der Waals surface area contributed by atoms with Gasteiger partial charge in [0.15, 0.2) is 5.82 Å². The topological polar surface area (TPSA) is 119 Å². The average molecular weight is 255 g/mol. The molecule has 1 aromatic heterocycles. The van der Waals surface area contributed by atoms with E-state index in [0.29, 0.717) is 11.3 Å². The first-order valence-electron chi connectivity index (χ1n) is 5.32. The standard InChI is InChI=1S/C12H9N5O2/c1-7-10(6-13)11(14)16-12(15-7)8-3-2-4-9(5-8)17(18)19/h2-5H,1H3,(H2,14,15,16). The van der Waals surface area contributed by atoms with Crippen molar-refractivity contribution in [1.29, 1.82) is 5.26 Å². The summed E-state index contributed by atoms with van der Waals surface area (Å²) in [7, 11) is 0. The van der Waals surface area contributed by atoms with Gasteiger partial charge in [-0.2, -0.15) is 5.26 Å². The summed E-state index contributed by atoms with van der Waals surface area (Å²) in [5, 5.41) is 19.6. The summed E-state index contributed by atoms with van der Waals surface area (Å²) in [6, 6.07) is 7.84. The van der Waals surface area contributed by atoms with Crippen molar-refractivity contribution >= 4 is 11.5 Å². The Kier molecular flexibility index (Phi) is 3.08.